The van der Waals surface area contributed by atoms with Gasteiger partial charge in [0.2, 0.25) is 5.91 Å². The average molecular weight is 329 g/mol. The number of anilines is 1. The van der Waals surface area contributed by atoms with Gasteiger partial charge in [0.15, 0.2) is 0 Å². The monoisotopic (exact) mass is 329 g/mol. The Labute approximate surface area is 137 Å². The Morgan fingerprint density at radius 2 is 2.00 bits per heavy atom. The first-order chi connectivity index (χ1) is 11.1. The van der Waals surface area contributed by atoms with E-state index in [9.17, 15) is 9.18 Å². The standard InChI is InChI=1S/C17H16FN3OS/c1-11(17-20-14-4-2-3-5-15(14)21-17)23-10-16(22)19-13-8-6-12(18)7-9-13/h2-9,11H,10H2,1H3,(H,19,22)(H,20,21)/t11-/m0/s1. The van der Waals surface area contributed by atoms with Crippen molar-refractivity contribution in [2.45, 2.75) is 12.2 Å². The first-order valence-corrected chi connectivity index (χ1v) is 8.28. The predicted molar refractivity (Wildman–Crippen MR) is 92.0 cm³/mol. The predicted octanol–water partition coefficient (Wildman–Crippen LogP) is 4.13. The van der Waals surface area contributed by atoms with Crippen molar-refractivity contribution in [3.8, 4) is 0 Å². The van der Waals surface area contributed by atoms with Gasteiger partial charge in [-0.15, -0.1) is 11.8 Å². The Morgan fingerprint density at radius 3 is 2.74 bits per heavy atom. The van der Waals surface area contributed by atoms with E-state index in [4.69, 9.17) is 0 Å². The molecule has 0 saturated heterocycles. The Kier molecular flexibility index (Phi) is 4.62. The number of aromatic nitrogens is 2. The summed E-state index contributed by atoms with van der Waals surface area (Å²) < 4.78 is 12.8. The van der Waals surface area contributed by atoms with Crippen LogP contribution in [-0.4, -0.2) is 21.6 Å². The number of halogens is 1. The summed E-state index contributed by atoms with van der Waals surface area (Å²) in [5.41, 5.74) is 2.50. The van der Waals surface area contributed by atoms with E-state index in [-0.39, 0.29) is 17.0 Å². The van der Waals surface area contributed by atoms with Crippen LogP contribution in [0.4, 0.5) is 10.1 Å². The number of hydrogen-bond acceptors (Lipinski definition) is 3. The van der Waals surface area contributed by atoms with Crippen molar-refractivity contribution in [3.63, 3.8) is 0 Å². The second-order valence-corrected chi connectivity index (χ2v) is 6.48. The van der Waals surface area contributed by atoms with Gasteiger partial charge >= 0.3 is 0 Å². The van der Waals surface area contributed by atoms with E-state index in [2.05, 4.69) is 15.3 Å². The lowest BCUT2D eigenvalue weighted by molar-refractivity contribution is -0.113. The molecule has 2 N–H and O–H groups in total. The van der Waals surface area contributed by atoms with E-state index in [1.54, 1.807) is 12.1 Å². The molecule has 118 valence electrons. The number of hydrogen-bond donors (Lipinski definition) is 2. The third-order valence-corrected chi connectivity index (χ3v) is 4.54. The van der Waals surface area contributed by atoms with Crippen LogP contribution in [-0.2, 0) is 4.79 Å². The van der Waals surface area contributed by atoms with Crippen LogP contribution in [0.5, 0.6) is 0 Å². The number of H-pyrrole nitrogens is 1. The van der Waals surface area contributed by atoms with Crippen LogP contribution in [0.3, 0.4) is 0 Å². The molecule has 0 radical (unpaired) electrons. The fourth-order valence-electron chi connectivity index (χ4n) is 2.17. The molecule has 0 aliphatic rings. The minimum absolute atomic E-state index is 0.0707. The van der Waals surface area contributed by atoms with Gasteiger partial charge in [-0.3, -0.25) is 4.79 Å². The summed E-state index contributed by atoms with van der Waals surface area (Å²) in [6.45, 7) is 2.01. The largest absolute Gasteiger partial charge is 0.341 e. The minimum Gasteiger partial charge on any atom is -0.341 e. The van der Waals surface area contributed by atoms with Gasteiger partial charge in [0, 0.05) is 5.69 Å². The van der Waals surface area contributed by atoms with E-state index in [1.807, 2.05) is 31.2 Å². The zero-order chi connectivity index (χ0) is 16.2. The molecule has 0 bridgehead atoms. The zero-order valence-corrected chi connectivity index (χ0v) is 13.4. The maximum Gasteiger partial charge on any atom is 0.234 e. The summed E-state index contributed by atoms with van der Waals surface area (Å²) in [5, 5.41) is 2.82. The number of thioether (sulfide) groups is 1. The molecular formula is C17H16FN3OS. The molecule has 2 aromatic carbocycles. The first-order valence-electron chi connectivity index (χ1n) is 7.23. The number of carbonyl (C=O) groups excluding carboxylic acids is 1. The summed E-state index contributed by atoms with van der Waals surface area (Å²) in [5.74, 6) is 0.710. The van der Waals surface area contributed by atoms with Crippen LogP contribution in [0.1, 0.15) is 18.0 Å². The Bertz CT molecular complexity index is 783. The molecular weight excluding hydrogens is 313 g/mol. The van der Waals surface area contributed by atoms with Gasteiger partial charge in [-0.2, -0.15) is 0 Å². The second kappa shape index (κ2) is 6.83. The highest BCUT2D eigenvalue weighted by Gasteiger charge is 2.13. The van der Waals surface area contributed by atoms with Crippen molar-refractivity contribution in [3.05, 3.63) is 60.2 Å². The highest BCUT2D eigenvalue weighted by Crippen LogP contribution is 2.27. The summed E-state index contributed by atoms with van der Waals surface area (Å²) in [6, 6.07) is 13.6. The molecule has 0 fully saturated rings. The lowest BCUT2D eigenvalue weighted by Gasteiger charge is -2.09. The van der Waals surface area contributed by atoms with E-state index >= 15 is 0 Å². The van der Waals surface area contributed by atoms with Gasteiger partial charge in [-0.05, 0) is 43.3 Å². The van der Waals surface area contributed by atoms with Crippen LogP contribution in [0.15, 0.2) is 48.5 Å². The molecule has 0 saturated carbocycles. The van der Waals surface area contributed by atoms with Gasteiger partial charge in [-0.1, -0.05) is 12.1 Å². The number of aromatic amines is 1. The summed E-state index contributed by atoms with van der Waals surface area (Å²) in [7, 11) is 0. The maximum atomic E-state index is 12.8. The van der Waals surface area contributed by atoms with Crippen LogP contribution in [0, 0.1) is 5.82 Å². The number of rotatable bonds is 5. The molecule has 3 aromatic rings. The van der Waals surface area contributed by atoms with Gasteiger partial charge in [0.05, 0.1) is 22.0 Å². The molecule has 0 aliphatic carbocycles. The topological polar surface area (TPSA) is 57.8 Å². The first kappa shape index (κ1) is 15.6. The third kappa shape index (κ3) is 3.90. The second-order valence-electron chi connectivity index (χ2n) is 5.15. The van der Waals surface area contributed by atoms with Gasteiger partial charge < -0.3 is 10.3 Å². The van der Waals surface area contributed by atoms with E-state index < -0.39 is 0 Å². The Balaban J connectivity index is 1.56. The van der Waals surface area contributed by atoms with Crippen LogP contribution >= 0.6 is 11.8 Å². The smallest absolute Gasteiger partial charge is 0.234 e. The molecule has 6 heteroatoms. The van der Waals surface area contributed by atoms with Crippen molar-refractivity contribution in [1.29, 1.82) is 0 Å². The molecule has 1 amide bonds. The number of carbonyl (C=O) groups is 1. The van der Waals surface area contributed by atoms with E-state index in [0.29, 0.717) is 11.4 Å². The van der Waals surface area contributed by atoms with E-state index in [1.165, 1.54) is 23.9 Å². The molecule has 1 heterocycles. The molecule has 23 heavy (non-hydrogen) atoms. The number of imidazole rings is 1. The van der Waals surface area contributed by atoms with Crippen molar-refractivity contribution < 1.29 is 9.18 Å². The number of benzene rings is 2. The molecule has 0 spiro atoms. The highest BCUT2D eigenvalue weighted by atomic mass is 32.2. The zero-order valence-electron chi connectivity index (χ0n) is 12.5. The highest BCUT2D eigenvalue weighted by molar-refractivity contribution is 8.00. The summed E-state index contributed by atoms with van der Waals surface area (Å²) >= 11 is 1.50. The summed E-state index contributed by atoms with van der Waals surface area (Å²) in [6.07, 6.45) is 0. The molecule has 1 aromatic heterocycles. The van der Waals surface area contributed by atoms with Crippen molar-refractivity contribution in [2.24, 2.45) is 0 Å². The molecule has 0 aliphatic heterocycles. The number of nitrogens with zero attached hydrogens (tertiary/aromatic N) is 1. The van der Waals surface area contributed by atoms with Crippen LogP contribution < -0.4 is 5.32 Å². The number of para-hydroxylation sites is 2. The Hall–Kier alpha value is -2.34. The van der Waals surface area contributed by atoms with Crippen molar-refractivity contribution >= 4 is 34.4 Å². The van der Waals surface area contributed by atoms with Crippen molar-refractivity contribution in [1.82, 2.24) is 9.97 Å². The molecule has 3 rings (SSSR count). The fraction of sp³-hybridized carbons (Fsp3) is 0.176. The lowest BCUT2D eigenvalue weighted by atomic mass is 10.3. The van der Waals surface area contributed by atoms with Gasteiger partial charge in [0.25, 0.3) is 0 Å². The average Bonchev–Trinajstić information content (AvgIpc) is 2.99. The van der Waals surface area contributed by atoms with E-state index in [0.717, 1.165) is 16.9 Å². The van der Waals surface area contributed by atoms with Crippen molar-refractivity contribution in [2.75, 3.05) is 11.1 Å². The van der Waals surface area contributed by atoms with Gasteiger partial charge in [-0.25, -0.2) is 9.37 Å². The number of amides is 1. The Morgan fingerprint density at radius 1 is 1.26 bits per heavy atom. The SMILES string of the molecule is C[C@H](SCC(=O)Nc1ccc(F)cc1)c1nc2ccccc2[nH]1. The third-order valence-electron chi connectivity index (χ3n) is 3.39. The van der Waals surface area contributed by atoms with Crippen LogP contribution in [0.2, 0.25) is 0 Å². The minimum atomic E-state index is -0.323. The van der Waals surface area contributed by atoms with Crippen LogP contribution in [0.25, 0.3) is 11.0 Å². The normalized spacial score (nSPS) is 12.3. The quantitative estimate of drug-likeness (QED) is 0.740. The summed E-state index contributed by atoms with van der Waals surface area (Å²) in [4.78, 5) is 19.8. The molecule has 1 atom stereocenters. The molecule has 0 unspecified atom stereocenters. The number of fused-ring (bicyclic) bond motifs is 1. The lowest BCUT2D eigenvalue weighted by Crippen LogP contribution is -2.14. The van der Waals surface area contributed by atoms with Gasteiger partial charge in [0.1, 0.15) is 11.6 Å². The maximum absolute atomic E-state index is 12.8. The molecule has 4 nitrogen and oxygen atoms in total. The fourth-order valence-corrected chi connectivity index (χ4v) is 2.92. The number of nitrogens with one attached hydrogen (secondary N) is 2.